The number of hydrogen-bond acceptors (Lipinski definition) is 6. The van der Waals surface area contributed by atoms with E-state index in [2.05, 4.69) is 5.10 Å². The Balaban J connectivity index is 2.01. The van der Waals surface area contributed by atoms with Crippen molar-refractivity contribution in [1.82, 2.24) is 14.1 Å². The summed E-state index contributed by atoms with van der Waals surface area (Å²) in [5.41, 5.74) is 1.89. The number of fused-ring (bicyclic) bond motifs is 1. The second kappa shape index (κ2) is 9.32. The fraction of sp³-hybridized carbons (Fsp3) is 0.545. The van der Waals surface area contributed by atoms with Gasteiger partial charge in [-0.25, -0.2) is 17.5 Å². The number of carbonyl (C=O) groups is 1. The molecule has 1 aromatic heterocycles. The van der Waals surface area contributed by atoms with E-state index in [0.717, 1.165) is 22.9 Å². The maximum Gasteiger partial charge on any atom is 0.412 e. The molecule has 10 nitrogen and oxygen atoms in total. The van der Waals surface area contributed by atoms with Crippen LogP contribution in [0.25, 0.3) is 11.1 Å². The van der Waals surface area contributed by atoms with Gasteiger partial charge in [0.2, 0.25) is 10.0 Å². The molecule has 2 N–H and O–H groups in total. The molecule has 2 aromatic rings. The highest BCUT2D eigenvalue weighted by Crippen LogP contribution is 2.43. The van der Waals surface area contributed by atoms with Crippen LogP contribution in [0.1, 0.15) is 32.8 Å². The van der Waals surface area contributed by atoms with Crippen molar-refractivity contribution in [2.24, 2.45) is 0 Å². The van der Waals surface area contributed by atoms with Crippen molar-refractivity contribution in [2.45, 2.75) is 51.8 Å². The van der Waals surface area contributed by atoms with E-state index < -0.39 is 21.7 Å². The summed E-state index contributed by atoms with van der Waals surface area (Å²) in [6.07, 6.45) is 4.84. The number of sulfonamides is 1. The van der Waals surface area contributed by atoms with Gasteiger partial charge < -0.3 is 14.9 Å². The minimum Gasteiger partial charge on any atom is -0.491 e. The summed E-state index contributed by atoms with van der Waals surface area (Å²) < 4.78 is 32.4. The Labute approximate surface area is 194 Å². The minimum absolute atomic E-state index is 0.105. The van der Waals surface area contributed by atoms with Gasteiger partial charge in [-0.2, -0.15) is 5.10 Å². The lowest BCUT2D eigenvalue weighted by molar-refractivity contribution is 0.0577. The summed E-state index contributed by atoms with van der Waals surface area (Å²) in [6.45, 7) is 5.82. The summed E-state index contributed by atoms with van der Waals surface area (Å²) in [5.74, 6) is 0.523. The van der Waals surface area contributed by atoms with Gasteiger partial charge >= 0.3 is 6.09 Å². The van der Waals surface area contributed by atoms with Crippen LogP contribution < -0.4 is 9.64 Å². The normalized spacial score (nSPS) is 16.7. The molecule has 11 heteroatoms. The highest BCUT2D eigenvalue weighted by molar-refractivity contribution is 7.88. The molecule has 0 spiro atoms. The molecule has 0 saturated heterocycles. The summed E-state index contributed by atoms with van der Waals surface area (Å²) >= 11 is 0. The molecule has 3 rings (SSSR count). The zero-order valence-electron chi connectivity index (χ0n) is 19.6. The van der Waals surface area contributed by atoms with Gasteiger partial charge in [0.05, 0.1) is 30.3 Å². The molecule has 0 unspecified atom stereocenters. The highest BCUT2D eigenvalue weighted by Gasteiger charge is 2.31. The van der Waals surface area contributed by atoms with Crippen molar-refractivity contribution in [3.8, 4) is 16.9 Å². The van der Waals surface area contributed by atoms with Crippen molar-refractivity contribution < 1.29 is 28.2 Å². The zero-order valence-corrected chi connectivity index (χ0v) is 20.5. The van der Waals surface area contributed by atoms with Gasteiger partial charge in [-0.05, 0) is 45.7 Å². The molecule has 33 heavy (non-hydrogen) atoms. The van der Waals surface area contributed by atoms with Crippen LogP contribution in [0.4, 0.5) is 10.5 Å². The molecule has 1 aromatic carbocycles. The van der Waals surface area contributed by atoms with Crippen molar-refractivity contribution in [1.29, 1.82) is 0 Å². The fourth-order valence-corrected chi connectivity index (χ4v) is 4.32. The van der Waals surface area contributed by atoms with Gasteiger partial charge in [0.1, 0.15) is 12.4 Å². The first-order valence-electron chi connectivity index (χ1n) is 10.8. The molecule has 0 radical (unpaired) electrons. The van der Waals surface area contributed by atoms with Crippen molar-refractivity contribution in [3.05, 3.63) is 30.1 Å². The van der Waals surface area contributed by atoms with E-state index in [9.17, 15) is 23.4 Å². The van der Waals surface area contributed by atoms with Crippen molar-refractivity contribution in [2.75, 3.05) is 31.4 Å². The van der Waals surface area contributed by atoms with Crippen LogP contribution >= 0.6 is 0 Å². The molecule has 1 amide bonds. The van der Waals surface area contributed by atoms with Crippen LogP contribution in [-0.2, 0) is 23.0 Å². The average molecular weight is 481 g/mol. The van der Waals surface area contributed by atoms with Crippen molar-refractivity contribution >= 4 is 21.8 Å². The minimum atomic E-state index is -3.35. The van der Waals surface area contributed by atoms with Gasteiger partial charge in [0, 0.05) is 42.5 Å². The molecular weight excluding hydrogens is 448 g/mol. The quantitative estimate of drug-likeness (QED) is 0.594. The molecule has 0 bridgehead atoms. The second-order valence-electron chi connectivity index (χ2n) is 9.15. The summed E-state index contributed by atoms with van der Waals surface area (Å²) in [5, 5.41) is 24.2. The molecule has 0 saturated carbocycles. The summed E-state index contributed by atoms with van der Waals surface area (Å²) in [4.78, 5) is 13.3. The summed E-state index contributed by atoms with van der Waals surface area (Å²) in [6, 6.07) is 3.41. The molecule has 0 fully saturated rings. The number of likely N-dealkylation sites (N-methyl/N-ethyl adjacent to an activating group) is 1. The van der Waals surface area contributed by atoms with E-state index in [1.165, 1.54) is 16.3 Å². The van der Waals surface area contributed by atoms with Crippen LogP contribution in [0.2, 0.25) is 0 Å². The number of benzene rings is 1. The van der Waals surface area contributed by atoms with E-state index in [1.54, 1.807) is 43.1 Å². The second-order valence-corrected chi connectivity index (χ2v) is 11.2. The number of ether oxygens (including phenoxy) is 1. The Hall–Kier alpha value is -2.63. The Morgan fingerprint density at radius 1 is 1.36 bits per heavy atom. The third-order valence-electron chi connectivity index (χ3n) is 5.67. The third kappa shape index (κ3) is 5.84. The molecule has 1 aliphatic rings. The Kier molecular flexibility index (Phi) is 7.06. The Morgan fingerprint density at radius 2 is 2.06 bits per heavy atom. The topological polar surface area (TPSA) is 125 Å². The highest BCUT2D eigenvalue weighted by atomic mass is 32.2. The van der Waals surface area contributed by atoms with E-state index in [4.69, 9.17) is 4.74 Å². The number of aromatic nitrogens is 2. The Morgan fingerprint density at radius 3 is 2.67 bits per heavy atom. The van der Waals surface area contributed by atoms with Crippen LogP contribution in [0.3, 0.4) is 0 Å². The zero-order chi connectivity index (χ0) is 24.6. The first-order valence-corrected chi connectivity index (χ1v) is 12.6. The predicted octanol–water partition coefficient (Wildman–Crippen LogP) is 2.41. The first-order chi connectivity index (χ1) is 15.3. The lowest BCUT2D eigenvalue weighted by Gasteiger charge is -2.34. The molecular formula is C22H32N4O6S. The molecule has 1 atom stereocenters. The van der Waals surface area contributed by atoms with E-state index >= 15 is 0 Å². The van der Waals surface area contributed by atoms with Gasteiger partial charge in [-0.15, -0.1) is 0 Å². The van der Waals surface area contributed by atoms with Gasteiger partial charge in [-0.1, -0.05) is 0 Å². The number of amides is 1. The number of nitrogens with zero attached hydrogens (tertiary/aromatic N) is 4. The molecule has 182 valence electrons. The van der Waals surface area contributed by atoms with E-state index in [1.807, 2.05) is 6.92 Å². The lowest BCUT2D eigenvalue weighted by atomic mass is 9.92. The molecule has 2 heterocycles. The van der Waals surface area contributed by atoms with Gasteiger partial charge in [0.15, 0.2) is 0 Å². The maximum atomic E-state index is 11.9. The van der Waals surface area contributed by atoms with Gasteiger partial charge in [-0.3, -0.25) is 9.58 Å². The molecule has 0 aliphatic carbocycles. The monoisotopic (exact) mass is 480 g/mol. The molecule has 1 aliphatic heterocycles. The predicted molar refractivity (Wildman–Crippen MR) is 125 cm³/mol. The smallest absolute Gasteiger partial charge is 0.412 e. The standard InChI is InChI=1S/C22H32N4O6S/c1-15-6-7-18-19(26(15)21(27)28)9-8-17(16-12-23-25(13-16)14-22(2,3)29)20(18)32-11-10-24(4)33(5,30)31/h8-9,12-13,15,29H,6-7,10-11,14H2,1-5H3,(H,27,28)/t15-/m0/s1. The van der Waals surface area contributed by atoms with Crippen LogP contribution in [-0.4, -0.2) is 76.9 Å². The lowest BCUT2D eigenvalue weighted by Crippen LogP contribution is -2.41. The van der Waals surface area contributed by atoms with E-state index in [-0.39, 0.29) is 19.2 Å². The largest absolute Gasteiger partial charge is 0.491 e. The number of carboxylic acid groups (broad SMARTS) is 1. The number of anilines is 1. The number of rotatable bonds is 8. The van der Waals surface area contributed by atoms with Gasteiger partial charge in [0.25, 0.3) is 0 Å². The fourth-order valence-electron chi connectivity index (χ4n) is 3.92. The number of aliphatic hydroxyl groups is 1. The average Bonchev–Trinajstić information content (AvgIpc) is 3.12. The van der Waals surface area contributed by atoms with Crippen LogP contribution in [0.15, 0.2) is 24.5 Å². The first kappa shape index (κ1) is 25.0. The van der Waals surface area contributed by atoms with Crippen LogP contribution in [0.5, 0.6) is 5.75 Å². The summed E-state index contributed by atoms with van der Waals surface area (Å²) in [7, 11) is -1.87. The van der Waals surface area contributed by atoms with E-state index in [0.29, 0.717) is 30.8 Å². The van der Waals surface area contributed by atoms with Crippen molar-refractivity contribution in [3.63, 3.8) is 0 Å². The number of hydrogen-bond donors (Lipinski definition) is 2. The maximum absolute atomic E-state index is 11.9. The SMILES string of the molecule is C[C@H]1CCc2c(ccc(-c3cnn(CC(C)(C)O)c3)c2OCCN(C)S(C)(=O)=O)N1C(=O)O. The third-order valence-corrected chi connectivity index (χ3v) is 6.98. The Bertz CT molecular complexity index is 1120. The van der Waals surface area contributed by atoms with Crippen LogP contribution in [0, 0.1) is 0 Å².